The molecule has 0 aliphatic carbocycles. The van der Waals surface area contributed by atoms with Crippen LogP contribution >= 0.6 is 34.8 Å². The SMILES string of the molecule is O=C(O)Cn1c2cc(-c3cccc(Cl)n3)ccc2c(=O)c2ccc(Cl)c(Cl)c21. The van der Waals surface area contributed by atoms with Crippen LogP contribution in [0.4, 0.5) is 0 Å². The number of rotatable bonds is 3. The number of aliphatic carboxylic acids is 1. The Bertz CT molecular complexity index is 1330. The monoisotopic (exact) mass is 432 g/mol. The summed E-state index contributed by atoms with van der Waals surface area (Å²) in [6.45, 7) is -0.389. The van der Waals surface area contributed by atoms with Crippen LogP contribution in [-0.2, 0) is 11.3 Å². The van der Waals surface area contributed by atoms with Crippen LogP contribution in [0.15, 0.2) is 53.3 Å². The van der Waals surface area contributed by atoms with Gasteiger partial charge in [-0.3, -0.25) is 9.59 Å². The van der Waals surface area contributed by atoms with E-state index >= 15 is 0 Å². The predicted molar refractivity (Wildman–Crippen MR) is 112 cm³/mol. The molecule has 0 saturated heterocycles. The molecule has 5 nitrogen and oxygen atoms in total. The van der Waals surface area contributed by atoms with Crippen LogP contribution in [0, 0.1) is 0 Å². The van der Waals surface area contributed by atoms with Gasteiger partial charge in [0.1, 0.15) is 11.7 Å². The minimum atomic E-state index is -1.08. The number of halogens is 3. The van der Waals surface area contributed by atoms with Crippen molar-refractivity contribution in [2.45, 2.75) is 6.54 Å². The average molecular weight is 434 g/mol. The third-order valence-corrected chi connectivity index (χ3v) is 5.43. The van der Waals surface area contributed by atoms with E-state index in [0.29, 0.717) is 32.7 Å². The zero-order valence-corrected chi connectivity index (χ0v) is 16.4. The molecule has 8 heteroatoms. The fraction of sp³-hybridized carbons (Fsp3) is 0.0500. The van der Waals surface area contributed by atoms with Crippen LogP contribution in [0.5, 0.6) is 0 Å². The number of benzene rings is 2. The largest absolute Gasteiger partial charge is 0.480 e. The van der Waals surface area contributed by atoms with Gasteiger partial charge in [-0.15, -0.1) is 0 Å². The third kappa shape index (κ3) is 3.11. The molecule has 2 aromatic carbocycles. The van der Waals surface area contributed by atoms with Crippen molar-refractivity contribution in [2.75, 3.05) is 0 Å². The van der Waals surface area contributed by atoms with E-state index in [1.54, 1.807) is 42.5 Å². The molecular weight excluding hydrogens is 423 g/mol. The van der Waals surface area contributed by atoms with E-state index < -0.39 is 5.97 Å². The number of carboxylic acid groups (broad SMARTS) is 1. The van der Waals surface area contributed by atoms with Crippen molar-refractivity contribution >= 4 is 62.6 Å². The second-order valence-electron chi connectivity index (χ2n) is 6.14. The minimum absolute atomic E-state index is 0.130. The Balaban J connectivity index is 2.15. The van der Waals surface area contributed by atoms with E-state index in [1.165, 1.54) is 10.6 Å². The normalized spacial score (nSPS) is 11.2. The molecule has 0 radical (unpaired) electrons. The highest BCUT2D eigenvalue weighted by Gasteiger charge is 2.18. The van der Waals surface area contributed by atoms with Crippen molar-refractivity contribution in [2.24, 2.45) is 0 Å². The first-order valence-electron chi connectivity index (χ1n) is 8.16. The van der Waals surface area contributed by atoms with E-state index in [4.69, 9.17) is 34.8 Å². The molecule has 140 valence electrons. The maximum Gasteiger partial charge on any atom is 0.323 e. The standard InChI is InChI=1S/C20H11Cl3N2O3/c21-13-7-6-12-19(18(13)23)25(9-17(26)27)15-8-10(4-5-11(15)20(12)28)14-2-1-3-16(22)24-14/h1-8H,9H2,(H,26,27). The van der Waals surface area contributed by atoms with Gasteiger partial charge < -0.3 is 9.67 Å². The van der Waals surface area contributed by atoms with Crippen LogP contribution in [-0.4, -0.2) is 20.6 Å². The first kappa shape index (κ1) is 18.7. The summed E-state index contributed by atoms with van der Waals surface area (Å²) in [6.07, 6.45) is 0. The Morgan fingerprint density at radius 3 is 2.50 bits per heavy atom. The summed E-state index contributed by atoms with van der Waals surface area (Å²) in [5, 5.41) is 10.8. The summed E-state index contributed by atoms with van der Waals surface area (Å²) in [7, 11) is 0. The molecule has 0 saturated carbocycles. The molecule has 0 fully saturated rings. The van der Waals surface area contributed by atoms with E-state index in [2.05, 4.69) is 4.98 Å². The average Bonchev–Trinajstić information content (AvgIpc) is 2.67. The number of pyridine rings is 2. The maximum absolute atomic E-state index is 13.0. The van der Waals surface area contributed by atoms with Crippen LogP contribution in [0.25, 0.3) is 33.1 Å². The summed E-state index contributed by atoms with van der Waals surface area (Å²) in [5.41, 5.74) is 1.73. The Labute approximate surface area is 173 Å². The lowest BCUT2D eigenvalue weighted by atomic mass is 10.0. The van der Waals surface area contributed by atoms with Crippen molar-refractivity contribution in [3.63, 3.8) is 0 Å². The van der Waals surface area contributed by atoms with E-state index in [-0.39, 0.29) is 27.5 Å². The lowest BCUT2D eigenvalue weighted by molar-refractivity contribution is -0.137. The van der Waals surface area contributed by atoms with Crippen molar-refractivity contribution in [1.29, 1.82) is 0 Å². The second-order valence-corrected chi connectivity index (χ2v) is 7.32. The van der Waals surface area contributed by atoms with Crippen molar-refractivity contribution in [1.82, 2.24) is 9.55 Å². The fourth-order valence-electron chi connectivity index (χ4n) is 3.23. The van der Waals surface area contributed by atoms with Gasteiger partial charge in [-0.05, 0) is 36.4 Å². The molecule has 0 spiro atoms. The molecule has 0 aliphatic rings. The highest BCUT2D eigenvalue weighted by Crippen LogP contribution is 2.33. The molecule has 28 heavy (non-hydrogen) atoms. The highest BCUT2D eigenvalue weighted by atomic mass is 35.5. The summed E-state index contributed by atoms with van der Waals surface area (Å²) in [4.78, 5) is 28.8. The van der Waals surface area contributed by atoms with Gasteiger partial charge in [0.15, 0.2) is 5.43 Å². The van der Waals surface area contributed by atoms with Gasteiger partial charge in [0.2, 0.25) is 0 Å². The predicted octanol–water partition coefficient (Wildman–Crippen LogP) is 5.26. The summed E-state index contributed by atoms with van der Waals surface area (Å²) in [6, 6.07) is 13.4. The molecule has 1 N–H and O–H groups in total. The first-order valence-corrected chi connectivity index (χ1v) is 9.29. The number of nitrogens with zero attached hydrogens (tertiary/aromatic N) is 2. The molecule has 4 rings (SSSR count). The smallest absolute Gasteiger partial charge is 0.323 e. The van der Waals surface area contributed by atoms with Gasteiger partial charge in [0.05, 0.1) is 26.8 Å². The van der Waals surface area contributed by atoms with Crippen molar-refractivity contribution in [3.8, 4) is 11.3 Å². The lowest BCUT2D eigenvalue weighted by Crippen LogP contribution is -2.16. The number of fused-ring (bicyclic) bond motifs is 2. The molecule has 0 atom stereocenters. The third-order valence-electron chi connectivity index (χ3n) is 4.42. The Morgan fingerprint density at radius 2 is 1.79 bits per heavy atom. The topological polar surface area (TPSA) is 72.2 Å². The quantitative estimate of drug-likeness (QED) is 0.353. The van der Waals surface area contributed by atoms with Crippen LogP contribution < -0.4 is 5.43 Å². The van der Waals surface area contributed by atoms with E-state index in [0.717, 1.165) is 0 Å². The minimum Gasteiger partial charge on any atom is -0.480 e. The summed E-state index contributed by atoms with van der Waals surface area (Å²) in [5.74, 6) is -1.08. The van der Waals surface area contributed by atoms with Crippen LogP contribution in [0.3, 0.4) is 0 Å². The number of hydrogen-bond donors (Lipinski definition) is 1. The summed E-state index contributed by atoms with van der Waals surface area (Å²) >= 11 is 18.5. The van der Waals surface area contributed by atoms with E-state index in [9.17, 15) is 14.7 Å². The van der Waals surface area contributed by atoms with Gasteiger partial charge in [-0.2, -0.15) is 0 Å². The maximum atomic E-state index is 13.0. The highest BCUT2D eigenvalue weighted by molar-refractivity contribution is 6.45. The molecule has 2 heterocycles. The molecule has 0 aliphatic heterocycles. The van der Waals surface area contributed by atoms with Crippen LogP contribution in [0.2, 0.25) is 15.2 Å². The first-order chi connectivity index (χ1) is 13.4. The summed E-state index contributed by atoms with van der Waals surface area (Å²) < 4.78 is 1.48. The van der Waals surface area contributed by atoms with Gasteiger partial charge in [0, 0.05) is 16.3 Å². The number of carbonyl (C=O) groups is 1. The van der Waals surface area contributed by atoms with Gasteiger partial charge in [-0.1, -0.05) is 46.9 Å². The zero-order valence-electron chi connectivity index (χ0n) is 14.1. The lowest BCUT2D eigenvalue weighted by Gasteiger charge is -2.16. The molecule has 4 aromatic rings. The van der Waals surface area contributed by atoms with Crippen molar-refractivity contribution < 1.29 is 9.90 Å². The zero-order chi connectivity index (χ0) is 20.0. The Kier molecular flexibility index (Phi) is 4.75. The van der Waals surface area contributed by atoms with E-state index in [1.807, 2.05) is 0 Å². The van der Waals surface area contributed by atoms with Gasteiger partial charge >= 0.3 is 5.97 Å². The fourth-order valence-corrected chi connectivity index (χ4v) is 3.81. The van der Waals surface area contributed by atoms with Gasteiger partial charge in [0.25, 0.3) is 0 Å². The van der Waals surface area contributed by atoms with Crippen LogP contribution in [0.1, 0.15) is 0 Å². The number of carboxylic acids is 1. The van der Waals surface area contributed by atoms with Crippen molar-refractivity contribution in [3.05, 3.63) is 74.0 Å². The number of aromatic nitrogens is 2. The molecular formula is C20H11Cl3N2O3. The van der Waals surface area contributed by atoms with Gasteiger partial charge in [-0.25, -0.2) is 4.98 Å². The molecule has 0 unspecified atom stereocenters. The Hall–Kier alpha value is -2.60. The Morgan fingerprint density at radius 1 is 1.04 bits per heavy atom. The number of hydrogen-bond acceptors (Lipinski definition) is 3. The molecule has 2 aromatic heterocycles. The molecule has 0 bridgehead atoms. The molecule has 0 amide bonds. The second kappa shape index (κ2) is 7.09.